The molecule has 0 saturated heterocycles. The Balaban J connectivity index is 1.43. The van der Waals surface area contributed by atoms with Crippen molar-refractivity contribution < 1.29 is 19.2 Å². The summed E-state index contributed by atoms with van der Waals surface area (Å²) in [5, 5.41) is 19.2. The monoisotopic (exact) mass is 590 g/mol. The van der Waals surface area contributed by atoms with Gasteiger partial charge in [-0.1, -0.05) is 48.5 Å². The molecular weight excluding hydrogens is 572 g/mol. The van der Waals surface area contributed by atoms with Crippen molar-refractivity contribution in [1.29, 1.82) is 0 Å². The molecule has 1 unspecified atom stereocenters. The lowest BCUT2D eigenvalue weighted by Gasteiger charge is -2.18. The molecule has 1 amide bonds. The van der Waals surface area contributed by atoms with E-state index < -0.39 is 22.9 Å². The van der Waals surface area contributed by atoms with Crippen LogP contribution in [0.2, 0.25) is 0 Å². The molecule has 0 radical (unpaired) electrons. The lowest BCUT2D eigenvalue weighted by molar-refractivity contribution is -0.384. The van der Waals surface area contributed by atoms with Crippen molar-refractivity contribution in [2.75, 3.05) is 5.32 Å². The topological polar surface area (TPSA) is 116 Å². The van der Waals surface area contributed by atoms with Gasteiger partial charge in [0.1, 0.15) is 9.71 Å². The molecule has 1 N–H and O–H groups in total. The smallest absolute Gasteiger partial charge is 0.349 e. The molecule has 5 aromatic rings. The molecular formula is C27H19BrN4O5S. The number of esters is 1. The molecule has 0 aliphatic carbocycles. The Bertz CT molecular complexity index is 1670. The van der Waals surface area contributed by atoms with Crippen LogP contribution in [0, 0.1) is 17.0 Å². The molecule has 11 heteroatoms. The van der Waals surface area contributed by atoms with Crippen molar-refractivity contribution >= 4 is 60.7 Å². The average Bonchev–Trinajstić information content (AvgIpc) is 3.49. The maximum absolute atomic E-state index is 13.3. The van der Waals surface area contributed by atoms with Gasteiger partial charge in [0.2, 0.25) is 6.10 Å². The number of anilines is 1. The maximum Gasteiger partial charge on any atom is 0.349 e. The average molecular weight is 591 g/mol. The number of hydrogen-bond donors (Lipinski definition) is 1. The maximum atomic E-state index is 13.3. The third kappa shape index (κ3) is 5.06. The van der Waals surface area contributed by atoms with Gasteiger partial charge in [-0.2, -0.15) is 5.10 Å². The second-order valence-electron chi connectivity index (χ2n) is 8.27. The fourth-order valence-corrected chi connectivity index (χ4v) is 5.41. The number of amides is 1. The van der Waals surface area contributed by atoms with E-state index in [0.717, 1.165) is 21.6 Å². The van der Waals surface area contributed by atoms with Gasteiger partial charge in [0.25, 0.3) is 11.6 Å². The van der Waals surface area contributed by atoms with Crippen LogP contribution in [0.3, 0.4) is 0 Å². The summed E-state index contributed by atoms with van der Waals surface area (Å²) < 4.78 is 7.85. The van der Waals surface area contributed by atoms with Gasteiger partial charge < -0.3 is 10.1 Å². The summed E-state index contributed by atoms with van der Waals surface area (Å²) in [6.45, 7) is 1.87. The molecule has 3 aromatic carbocycles. The summed E-state index contributed by atoms with van der Waals surface area (Å²) >= 11 is 4.48. The highest BCUT2D eigenvalue weighted by Gasteiger charge is 2.28. The fraction of sp³-hybridized carbons (Fsp3) is 0.0741. The van der Waals surface area contributed by atoms with Gasteiger partial charge in [0, 0.05) is 27.6 Å². The predicted molar refractivity (Wildman–Crippen MR) is 148 cm³/mol. The van der Waals surface area contributed by atoms with Crippen molar-refractivity contribution in [3.8, 4) is 5.69 Å². The zero-order valence-electron chi connectivity index (χ0n) is 19.8. The molecule has 0 aliphatic heterocycles. The Labute approximate surface area is 228 Å². The number of nitro benzene ring substituents is 1. The van der Waals surface area contributed by atoms with Crippen LogP contribution in [0.1, 0.15) is 27.0 Å². The minimum Gasteiger partial charge on any atom is -0.443 e. The first-order chi connectivity index (χ1) is 18.3. The van der Waals surface area contributed by atoms with Crippen LogP contribution >= 0.6 is 27.3 Å². The summed E-state index contributed by atoms with van der Waals surface area (Å²) in [7, 11) is 0. The number of benzene rings is 3. The Hall–Kier alpha value is -4.35. The van der Waals surface area contributed by atoms with Crippen LogP contribution in [-0.2, 0) is 9.53 Å². The van der Waals surface area contributed by atoms with Gasteiger partial charge in [-0.15, -0.1) is 11.3 Å². The fourth-order valence-electron chi connectivity index (χ4n) is 3.88. The minimum atomic E-state index is -1.26. The van der Waals surface area contributed by atoms with E-state index in [0.29, 0.717) is 20.6 Å². The first-order valence-electron chi connectivity index (χ1n) is 11.4. The first kappa shape index (κ1) is 25.3. The number of aromatic nitrogens is 2. The Morgan fingerprint density at radius 1 is 1.05 bits per heavy atom. The highest BCUT2D eigenvalue weighted by molar-refractivity contribution is 9.10. The molecule has 1 atom stereocenters. The molecule has 0 bridgehead atoms. The molecule has 2 aromatic heterocycles. The number of carbonyl (C=O) groups excluding carboxylic acids is 2. The van der Waals surface area contributed by atoms with Crippen LogP contribution in [0.4, 0.5) is 11.4 Å². The number of ether oxygens (including phenoxy) is 1. The van der Waals surface area contributed by atoms with Crippen molar-refractivity contribution in [3.05, 3.63) is 116 Å². The summed E-state index contributed by atoms with van der Waals surface area (Å²) in [5.74, 6) is -1.26. The van der Waals surface area contributed by atoms with Crippen LogP contribution < -0.4 is 5.32 Å². The van der Waals surface area contributed by atoms with Crippen molar-refractivity contribution in [2.24, 2.45) is 0 Å². The minimum absolute atomic E-state index is 0.130. The van der Waals surface area contributed by atoms with Gasteiger partial charge in [-0.25, -0.2) is 9.48 Å². The van der Waals surface area contributed by atoms with E-state index in [1.165, 1.54) is 29.5 Å². The second-order valence-corrected chi connectivity index (χ2v) is 10.2. The third-order valence-corrected chi connectivity index (χ3v) is 7.48. The van der Waals surface area contributed by atoms with Gasteiger partial charge >= 0.3 is 5.97 Å². The number of para-hydroxylation sites is 1. The van der Waals surface area contributed by atoms with E-state index in [1.54, 1.807) is 41.1 Å². The second kappa shape index (κ2) is 10.6. The number of halogens is 1. The quantitative estimate of drug-likeness (QED) is 0.130. The molecule has 0 saturated carbocycles. The Morgan fingerprint density at radius 2 is 1.74 bits per heavy atom. The van der Waals surface area contributed by atoms with Crippen LogP contribution in [0.15, 0.2) is 89.4 Å². The molecule has 9 nitrogen and oxygen atoms in total. The van der Waals surface area contributed by atoms with Gasteiger partial charge in [-0.05, 0) is 47.1 Å². The highest BCUT2D eigenvalue weighted by atomic mass is 79.9. The van der Waals surface area contributed by atoms with Crippen molar-refractivity contribution in [1.82, 2.24) is 9.78 Å². The van der Waals surface area contributed by atoms with Crippen LogP contribution in [0.5, 0.6) is 0 Å². The highest BCUT2D eigenvalue weighted by Crippen LogP contribution is 2.33. The molecule has 0 fully saturated rings. The van der Waals surface area contributed by atoms with Gasteiger partial charge in [0.15, 0.2) is 0 Å². The molecule has 2 heterocycles. The number of rotatable bonds is 7. The van der Waals surface area contributed by atoms with Crippen molar-refractivity contribution in [3.63, 3.8) is 0 Å². The summed E-state index contributed by atoms with van der Waals surface area (Å²) in [4.78, 5) is 38.2. The summed E-state index contributed by atoms with van der Waals surface area (Å²) in [5.41, 5.74) is 2.28. The Morgan fingerprint density at radius 3 is 2.39 bits per heavy atom. The van der Waals surface area contributed by atoms with Crippen molar-refractivity contribution in [2.45, 2.75) is 13.0 Å². The number of non-ortho nitro benzene ring substituents is 1. The van der Waals surface area contributed by atoms with E-state index in [2.05, 4.69) is 26.3 Å². The zero-order chi connectivity index (χ0) is 26.8. The zero-order valence-corrected chi connectivity index (χ0v) is 22.2. The van der Waals surface area contributed by atoms with E-state index in [-0.39, 0.29) is 5.69 Å². The lowest BCUT2D eigenvalue weighted by Crippen LogP contribution is -2.25. The normalized spacial score (nSPS) is 11.7. The Kier molecular flexibility index (Phi) is 7.03. The molecule has 5 rings (SSSR count). The van der Waals surface area contributed by atoms with E-state index >= 15 is 0 Å². The van der Waals surface area contributed by atoms with Crippen LogP contribution in [-0.4, -0.2) is 26.6 Å². The first-order valence-corrected chi connectivity index (χ1v) is 13.0. The number of nitrogens with one attached hydrogen (secondary N) is 1. The van der Waals surface area contributed by atoms with Gasteiger partial charge in [-0.3, -0.25) is 14.9 Å². The number of aryl methyl sites for hydroxylation is 1. The molecule has 0 aliphatic rings. The van der Waals surface area contributed by atoms with E-state index in [1.807, 2.05) is 37.3 Å². The predicted octanol–water partition coefficient (Wildman–Crippen LogP) is 6.60. The number of nitro groups is 1. The number of thiophene rings is 1. The number of carbonyl (C=O) groups is 2. The van der Waals surface area contributed by atoms with E-state index in [4.69, 9.17) is 4.74 Å². The van der Waals surface area contributed by atoms with Crippen LogP contribution in [0.25, 0.3) is 15.9 Å². The molecule has 0 spiro atoms. The lowest BCUT2D eigenvalue weighted by atomic mass is 10.1. The molecule has 190 valence electrons. The molecule has 38 heavy (non-hydrogen) atoms. The van der Waals surface area contributed by atoms with Gasteiger partial charge in [0.05, 0.1) is 22.0 Å². The third-order valence-electron chi connectivity index (χ3n) is 5.73. The number of fused-ring (bicyclic) bond motifs is 1. The summed E-state index contributed by atoms with van der Waals surface area (Å²) in [6, 6.07) is 23.9. The SMILES string of the molecule is Cc1nn(-c2ccccc2)c2sc(C(=O)OC(C(=O)Nc3ccc([N+](=O)[O-])cc3Br)c3ccccc3)cc12. The summed E-state index contributed by atoms with van der Waals surface area (Å²) in [6.07, 6.45) is -1.26. The largest absolute Gasteiger partial charge is 0.443 e. The standard InChI is InChI=1S/C27H19BrN4O5S/c1-16-20-15-23(38-26(20)31(30-16)18-10-6-3-7-11-18)27(34)37-24(17-8-4-2-5-9-17)25(33)29-22-13-12-19(32(35)36)14-21(22)28/h2-15,24H,1H3,(H,29,33). The number of hydrogen-bond acceptors (Lipinski definition) is 7. The van der Waals surface area contributed by atoms with E-state index in [9.17, 15) is 19.7 Å². The number of nitrogens with zero attached hydrogens (tertiary/aromatic N) is 3.